The molecular formula is C10H20N2O2. The summed E-state index contributed by atoms with van der Waals surface area (Å²) in [6, 6.07) is 0. The molecule has 1 aliphatic rings. The zero-order chi connectivity index (χ0) is 10.2. The van der Waals surface area contributed by atoms with E-state index in [1.54, 1.807) is 0 Å². The van der Waals surface area contributed by atoms with Gasteiger partial charge >= 0.3 is 6.09 Å². The highest BCUT2D eigenvalue weighted by atomic mass is 16.5. The number of nitrogens with one attached hydrogen (secondary N) is 2. The van der Waals surface area contributed by atoms with Gasteiger partial charge in [0.25, 0.3) is 0 Å². The zero-order valence-electron chi connectivity index (χ0n) is 8.84. The number of carbonyl (C=O) groups is 1. The molecule has 0 aliphatic carbocycles. The molecule has 1 atom stereocenters. The zero-order valence-corrected chi connectivity index (χ0v) is 8.84. The summed E-state index contributed by atoms with van der Waals surface area (Å²) >= 11 is 0. The predicted molar refractivity (Wildman–Crippen MR) is 55.2 cm³/mol. The summed E-state index contributed by atoms with van der Waals surface area (Å²) in [6.07, 6.45) is 4.57. The number of hydrogen-bond donors (Lipinski definition) is 2. The van der Waals surface area contributed by atoms with E-state index < -0.39 is 0 Å². The summed E-state index contributed by atoms with van der Waals surface area (Å²) in [5, 5.41) is 6.12. The van der Waals surface area contributed by atoms with Crippen molar-refractivity contribution in [2.75, 3.05) is 26.7 Å². The predicted octanol–water partition coefficient (Wildman–Crippen LogP) is 1.12. The van der Waals surface area contributed by atoms with Gasteiger partial charge in [-0.2, -0.15) is 0 Å². The lowest BCUT2D eigenvalue weighted by atomic mass is 10.00. The number of methoxy groups -OCH3 is 1. The van der Waals surface area contributed by atoms with Crippen LogP contribution in [-0.4, -0.2) is 32.8 Å². The minimum absolute atomic E-state index is 0.327. The molecule has 2 N–H and O–H groups in total. The van der Waals surface area contributed by atoms with Crippen molar-refractivity contribution in [1.29, 1.82) is 0 Å². The third-order valence-electron chi connectivity index (χ3n) is 2.66. The number of alkyl carbamates (subject to hydrolysis) is 1. The summed E-state index contributed by atoms with van der Waals surface area (Å²) in [7, 11) is 1.39. The number of hydrogen-bond acceptors (Lipinski definition) is 3. The van der Waals surface area contributed by atoms with E-state index in [0.29, 0.717) is 5.92 Å². The van der Waals surface area contributed by atoms with Crippen molar-refractivity contribution in [3.05, 3.63) is 0 Å². The first-order chi connectivity index (χ1) is 6.83. The van der Waals surface area contributed by atoms with Crippen LogP contribution in [0.4, 0.5) is 4.79 Å². The topological polar surface area (TPSA) is 50.4 Å². The second-order valence-corrected chi connectivity index (χ2v) is 3.77. The molecule has 1 unspecified atom stereocenters. The minimum Gasteiger partial charge on any atom is -0.453 e. The van der Waals surface area contributed by atoms with Crippen molar-refractivity contribution in [2.45, 2.75) is 25.7 Å². The molecule has 82 valence electrons. The van der Waals surface area contributed by atoms with Crippen molar-refractivity contribution in [3.63, 3.8) is 0 Å². The summed E-state index contributed by atoms with van der Waals surface area (Å²) in [5.41, 5.74) is 0. The molecule has 0 saturated carbocycles. The van der Waals surface area contributed by atoms with Gasteiger partial charge < -0.3 is 15.4 Å². The Morgan fingerprint density at radius 3 is 3.21 bits per heavy atom. The van der Waals surface area contributed by atoms with Crippen molar-refractivity contribution >= 4 is 6.09 Å². The fourth-order valence-corrected chi connectivity index (χ4v) is 1.79. The van der Waals surface area contributed by atoms with Gasteiger partial charge in [-0.1, -0.05) is 6.42 Å². The standard InChI is InChI=1S/C10H20N2O2/c1-14-10(13)12-7-5-9-4-2-3-6-11-8-9/h9,11H,2-8H2,1H3,(H,12,13). The van der Waals surface area contributed by atoms with Crippen LogP contribution in [0.1, 0.15) is 25.7 Å². The molecule has 1 heterocycles. The van der Waals surface area contributed by atoms with Gasteiger partial charge in [-0.25, -0.2) is 4.79 Å². The van der Waals surface area contributed by atoms with E-state index in [1.165, 1.54) is 26.4 Å². The largest absolute Gasteiger partial charge is 0.453 e. The fourth-order valence-electron chi connectivity index (χ4n) is 1.79. The smallest absolute Gasteiger partial charge is 0.406 e. The van der Waals surface area contributed by atoms with Gasteiger partial charge in [0, 0.05) is 6.54 Å². The number of ether oxygens (including phenoxy) is 1. The van der Waals surface area contributed by atoms with Crippen LogP contribution in [0.2, 0.25) is 0 Å². The third-order valence-corrected chi connectivity index (χ3v) is 2.66. The lowest BCUT2D eigenvalue weighted by Gasteiger charge is -2.13. The van der Waals surface area contributed by atoms with E-state index in [1.807, 2.05) is 0 Å². The van der Waals surface area contributed by atoms with Crippen LogP contribution in [-0.2, 0) is 4.74 Å². The molecule has 1 rings (SSSR count). The average molecular weight is 200 g/mol. The maximum atomic E-state index is 10.8. The molecular weight excluding hydrogens is 180 g/mol. The molecule has 14 heavy (non-hydrogen) atoms. The Morgan fingerprint density at radius 1 is 1.57 bits per heavy atom. The summed E-state index contributed by atoms with van der Waals surface area (Å²) < 4.78 is 4.50. The van der Waals surface area contributed by atoms with E-state index in [9.17, 15) is 4.79 Å². The van der Waals surface area contributed by atoms with Crippen LogP contribution >= 0.6 is 0 Å². The van der Waals surface area contributed by atoms with Gasteiger partial charge in [0.05, 0.1) is 7.11 Å². The van der Waals surface area contributed by atoms with Gasteiger partial charge in [0.15, 0.2) is 0 Å². The maximum absolute atomic E-state index is 10.8. The Balaban J connectivity index is 2.07. The fraction of sp³-hybridized carbons (Fsp3) is 0.900. The Bertz CT molecular complexity index is 166. The van der Waals surface area contributed by atoms with Crippen LogP contribution in [0.3, 0.4) is 0 Å². The number of amides is 1. The lowest BCUT2D eigenvalue weighted by molar-refractivity contribution is 0.170. The molecule has 1 aliphatic heterocycles. The molecule has 1 saturated heterocycles. The Morgan fingerprint density at radius 2 is 2.43 bits per heavy atom. The Kier molecular flexibility index (Phi) is 5.37. The SMILES string of the molecule is COC(=O)NCCC1CCCCNC1. The van der Waals surface area contributed by atoms with Crippen molar-refractivity contribution in [2.24, 2.45) is 5.92 Å². The van der Waals surface area contributed by atoms with Crippen molar-refractivity contribution < 1.29 is 9.53 Å². The van der Waals surface area contributed by atoms with E-state index in [2.05, 4.69) is 15.4 Å². The molecule has 0 radical (unpaired) electrons. The normalized spacial score (nSPS) is 22.5. The van der Waals surface area contributed by atoms with Crippen LogP contribution in [0.5, 0.6) is 0 Å². The highest BCUT2D eigenvalue weighted by molar-refractivity contribution is 5.66. The van der Waals surface area contributed by atoms with Gasteiger partial charge in [0.1, 0.15) is 0 Å². The Labute approximate surface area is 85.4 Å². The molecule has 1 fully saturated rings. The van der Waals surface area contributed by atoms with Crippen LogP contribution < -0.4 is 10.6 Å². The van der Waals surface area contributed by atoms with Gasteiger partial charge in [-0.05, 0) is 38.3 Å². The second-order valence-electron chi connectivity index (χ2n) is 3.77. The molecule has 0 spiro atoms. The van der Waals surface area contributed by atoms with Crippen LogP contribution in [0, 0.1) is 5.92 Å². The first kappa shape index (κ1) is 11.3. The van der Waals surface area contributed by atoms with Gasteiger partial charge in [0.2, 0.25) is 0 Å². The average Bonchev–Trinajstić information content (AvgIpc) is 2.46. The molecule has 1 amide bonds. The summed E-state index contributed by atoms with van der Waals surface area (Å²) in [5.74, 6) is 0.703. The molecule has 0 aromatic rings. The van der Waals surface area contributed by atoms with E-state index in [0.717, 1.165) is 26.1 Å². The molecule has 0 bridgehead atoms. The third kappa shape index (κ3) is 4.46. The first-order valence-corrected chi connectivity index (χ1v) is 5.35. The van der Waals surface area contributed by atoms with E-state index >= 15 is 0 Å². The quantitative estimate of drug-likeness (QED) is 0.718. The molecule has 0 aromatic carbocycles. The van der Waals surface area contributed by atoms with Gasteiger partial charge in [-0.3, -0.25) is 0 Å². The second kappa shape index (κ2) is 6.65. The highest BCUT2D eigenvalue weighted by Gasteiger charge is 2.11. The lowest BCUT2D eigenvalue weighted by Crippen LogP contribution is -2.28. The Hall–Kier alpha value is -0.770. The molecule has 4 nitrogen and oxygen atoms in total. The molecule has 4 heteroatoms. The van der Waals surface area contributed by atoms with E-state index in [-0.39, 0.29) is 6.09 Å². The van der Waals surface area contributed by atoms with Crippen molar-refractivity contribution in [1.82, 2.24) is 10.6 Å². The minimum atomic E-state index is -0.327. The molecule has 0 aromatic heterocycles. The number of carbonyl (C=O) groups excluding carboxylic acids is 1. The monoisotopic (exact) mass is 200 g/mol. The van der Waals surface area contributed by atoms with Crippen LogP contribution in [0.25, 0.3) is 0 Å². The summed E-state index contributed by atoms with van der Waals surface area (Å²) in [4.78, 5) is 10.8. The van der Waals surface area contributed by atoms with E-state index in [4.69, 9.17) is 0 Å². The summed E-state index contributed by atoms with van der Waals surface area (Å²) in [6.45, 7) is 2.95. The number of rotatable bonds is 3. The highest BCUT2D eigenvalue weighted by Crippen LogP contribution is 2.13. The van der Waals surface area contributed by atoms with Crippen LogP contribution in [0.15, 0.2) is 0 Å². The first-order valence-electron chi connectivity index (χ1n) is 5.35. The van der Waals surface area contributed by atoms with Crippen molar-refractivity contribution in [3.8, 4) is 0 Å². The maximum Gasteiger partial charge on any atom is 0.406 e. The van der Waals surface area contributed by atoms with Gasteiger partial charge in [-0.15, -0.1) is 0 Å².